The van der Waals surface area contributed by atoms with Crippen molar-refractivity contribution in [3.8, 4) is 0 Å². The van der Waals surface area contributed by atoms with Gasteiger partial charge in [-0.1, -0.05) is 145 Å². The second-order valence-electron chi connectivity index (χ2n) is 25.5. The number of carbonyl (C=O) groups excluding carboxylic acids is 8. The van der Waals surface area contributed by atoms with Gasteiger partial charge in [-0.2, -0.15) is 0 Å². The molecule has 10 rings (SSSR count). The predicted molar refractivity (Wildman–Crippen MR) is 312 cm³/mol. The second-order valence-corrected chi connectivity index (χ2v) is 25.5. The van der Waals surface area contributed by atoms with E-state index in [9.17, 15) is 38.4 Å². The summed E-state index contributed by atoms with van der Waals surface area (Å²) >= 11 is 0. The minimum Gasteiger partial charge on any atom is -0.465 e. The van der Waals surface area contributed by atoms with E-state index in [-0.39, 0.29) is 105 Å². The third-order valence-corrected chi connectivity index (χ3v) is 19.5. The fraction of sp³-hybridized carbons (Fsp3) is 0.879. The van der Waals surface area contributed by atoms with Gasteiger partial charge in [0.15, 0.2) is 0 Å². The molecule has 0 spiro atoms. The summed E-state index contributed by atoms with van der Waals surface area (Å²) in [4.78, 5) is 93.2. The molecule has 5 aliphatic heterocycles. The van der Waals surface area contributed by atoms with E-state index in [1.54, 1.807) is 6.92 Å². The summed E-state index contributed by atoms with van der Waals surface area (Å²) in [6.45, 7) is 44.3. The average Bonchev–Trinajstić information content (AvgIpc) is 4.23. The molecule has 5 aliphatic carbocycles. The number of Topliss-reactive ketones (excluding diaryl/α,β-unsaturated/α-hetero) is 4. The van der Waals surface area contributed by atoms with Crippen LogP contribution in [0.5, 0.6) is 0 Å². The van der Waals surface area contributed by atoms with Crippen LogP contribution in [0, 0.1) is 86.8 Å². The van der Waals surface area contributed by atoms with Crippen LogP contribution >= 0.6 is 0 Å². The molecule has 14 atom stereocenters. The molecule has 0 radical (unpaired) electrons. The van der Waals surface area contributed by atoms with Crippen LogP contribution < -0.4 is 0 Å². The summed E-state index contributed by atoms with van der Waals surface area (Å²) in [6.07, 6.45) is 15.5. The molecule has 10 fully saturated rings. The Balaban J connectivity index is 0.000000486. The van der Waals surface area contributed by atoms with Crippen LogP contribution in [0.25, 0.3) is 0 Å². The summed E-state index contributed by atoms with van der Waals surface area (Å²) in [7, 11) is 0. The van der Waals surface area contributed by atoms with Crippen LogP contribution in [-0.2, 0) is 57.3 Å². The molecule has 5 saturated carbocycles. The first-order chi connectivity index (χ1) is 36.6. The van der Waals surface area contributed by atoms with Crippen molar-refractivity contribution >= 4 is 47.0 Å². The van der Waals surface area contributed by atoms with Gasteiger partial charge in [0.2, 0.25) is 0 Å². The van der Waals surface area contributed by atoms with Crippen LogP contribution in [0.2, 0.25) is 0 Å². The normalized spacial score (nSPS) is 30.9. The molecule has 0 aromatic heterocycles. The van der Waals surface area contributed by atoms with Crippen molar-refractivity contribution in [1.29, 1.82) is 0 Å². The zero-order chi connectivity index (χ0) is 60.3. The van der Waals surface area contributed by atoms with E-state index in [2.05, 4.69) is 20.8 Å². The number of cyclic esters (lactones) is 1. The third-order valence-electron chi connectivity index (χ3n) is 19.5. The fourth-order valence-electron chi connectivity index (χ4n) is 12.0. The highest BCUT2D eigenvalue weighted by atomic mass is 16.6. The fourth-order valence-corrected chi connectivity index (χ4v) is 12.0. The molecular formula is C66H116O12. The van der Waals surface area contributed by atoms with Gasteiger partial charge in [0.1, 0.15) is 41.4 Å². The Labute approximate surface area is 475 Å². The van der Waals surface area contributed by atoms with E-state index >= 15 is 0 Å². The minimum absolute atomic E-state index is 0.00259. The smallest absolute Gasteiger partial charge is 0.309 e. The Morgan fingerprint density at radius 1 is 0.474 bits per heavy atom. The lowest BCUT2D eigenvalue weighted by atomic mass is 9.61. The quantitative estimate of drug-likeness (QED) is 0.119. The standard InChI is InChI=1S/C17H26O3.C15H22O3.C11H18O3.C8H12O2.C7H14O.4C2H6/c1-4-17(2,3)15(18)9-13-11-5-10-6-12(8-11)16(19)20-14(13)7-10;1-4-15(2,3)12(16)7-9-8-5-10-11(6-8)14(17)18-13(9)10;1-4-11(2,3)9(12)7-8-5-6-14-10(8)13;1-5-2-3-6-4-7(5)10-8(6)9;1-5-7(3,4)6(2)8;4*1-2/h10-14H,4-9H2,1-3H3;8-11,13H,4-7H2,1-3H3;8H,4-7H2,1-3H3;5-7H,2-4H2,1H3;5H2,1-4H3;4*1-2H3. The second kappa shape index (κ2) is 32.9. The summed E-state index contributed by atoms with van der Waals surface area (Å²) in [6, 6.07) is 0. The molecule has 10 aliphatic rings. The van der Waals surface area contributed by atoms with Gasteiger partial charge in [-0.25, -0.2) is 0 Å². The number of carbonyl (C=O) groups is 8. The molecule has 0 aromatic rings. The van der Waals surface area contributed by atoms with Crippen LogP contribution in [-0.4, -0.2) is 71.9 Å². The molecule has 0 amide bonds. The Kier molecular flexibility index (Phi) is 30.6. The van der Waals surface area contributed by atoms with Crippen LogP contribution in [0.15, 0.2) is 0 Å². The maximum absolute atomic E-state index is 12.5. The average molecular weight is 1100 g/mol. The van der Waals surface area contributed by atoms with Crippen LogP contribution in [0.1, 0.15) is 261 Å². The number of hydrogen-bond donors (Lipinski definition) is 0. The SMILES string of the molecule is CC.CC.CC.CC.CC1CCC2CC1OC2=O.CCC(C)(C)C(=O)CC1C2CC3C(=O)OC1C3C2.CCC(C)(C)C(=O)CC1C2CC3CC(C2)C(=O)OC1C3.CCC(C)(C)C(=O)CC1CCOC1=O.CCC(C)(C)C(C)=O. The van der Waals surface area contributed by atoms with Crippen molar-refractivity contribution in [2.75, 3.05) is 6.61 Å². The van der Waals surface area contributed by atoms with Gasteiger partial charge in [0, 0.05) is 58.7 Å². The van der Waals surface area contributed by atoms with Crippen LogP contribution in [0.4, 0.5) is 0 Å². The molecule has 12 nitrogen and oxygen atoms in total. The lowest BCUT2D eigenvalue weighted by Gasteiger charge is -2.42. The van der Waals surface area contributed by atoms with Crippen molar-refractivity contribution in [2.24, 2.45) is 86.8 Å². The Hall–Kier alpha value is -3.44. The van der Waals surface area contributed by atoms with Crippen molar-refractivity contribution in [2.45, 2.75) is 280 Å². The maximum Gasteiger partial charge on any atom is 0.309 e. The van der Waals surface area contributed by atoms with Crippen molar-refractivity contribution in [3.63, 3.8) is 0 Å². The van der Waals surface area contributed by atoms with Gasteiger partial charge in [0.05, 0.1) is 30.3 Å². The van der Waals surface area contributed by atoms with Gasteiger partial charge in [0.25, 0.3) is 0 Å². The molecule has 5 heterocycles. The van der Waals surface area contributed by atoms with E-state index in [1.807, 2.05) is 125 Å². The number of fused-ring (bicyclic) bond motifs is 4. The van der Waals surface area contributed by atoms with E-state index in [0.717, 1.165) is 70.6 Å². The highest BCUT2D eigenvalue weighted by molar-refractivity contribution is 5.89. The van der Waals surface area contributed by atoms with E-state index < -0.39 is 0 Å². The van der Waals surface area contributed by atoms with Gasteiger partial charge < -0.3 is 18.9 Å². The van der Waals surface area contributed by atoms with Crippen LogP contribution in [0.3, 0.4) is 0 Å². The summed E-state index contributed by atoms with van der Waals surface area (Å²) < 4.78 is 21.2. The third kappa shape index (κ3) is 19.1. The van der Waals surface area contributed by atoms with Crippen molar-refractivity contribution in [1.82, 2.24) is 0 Å². The lowest BCUT2D eigenvalue weighted by molar-refractivity contribution is -0.154. The largest absolute Gasteiger partial charge is 0.465 e. The summed E-state index contributed by atoms with van der Waals surface area (Å²) in [5.74, 6) is 4.64. The van der Waals surface area contributed by atoms with E-state index in [0.29, 0.717) is 79.4 Å². The summed E-state index contributed by atoms with van der Waals surface area (Å²) in [5, 5.41) is 0. The molecule has 0 N–H and O–H groups in total. The van der Waals surface area contributed by atoms with Gasteiger partial charge >= 0.3 is 23.9 Å². The first kappa shape index (κ1) is 72.6. The Bertz CT molecular complexity index is 1930. The van der Waals surface area contributed by atoms with Gasteiger partial charge in [-0.05, 0) is 120 Å². The maximum atomic E-state index is 12.5. The molecule has 0 aromatic carbocycles. The topological polar surface area (TPSA) is 173 Å². The Morgan fingerprint density at radius 2 is 0.949 bits per heavy atom. The predicted octanol–water partition coefficient (Wildman–Crippen LogP) is 15.3. The number of ether oxygens (including phenoxy) is 4. The molecule has 8 bridgehead atoms. The first-order valence-corrected chi connectivity index (χ1v) is 31.5. The minimum atomic E-state index is -0.303. The molecule has 452 valence electrons. The van der Waals surface area contributed by atoms with Gasteiger partial charge in [-0.3, -0.25) is 38.4 Å². The van der Waals surface area contributed by atoms with E-state index in [4.69, 9.17) is 18.9 Å². The molecule has 12 heteroatoms. The number of hydrogen-bond acceptors (Lipinski definition) is 12. The monoisotopic (exact) mass is 1100 g/mol. The van der Waals surface area contributed by atoms with Crippen molar-refractivity contribution in [3.05, 3.63) is 0 Å². The number of rotatable bonds is 14. The first-order valence-electron chi connectivity index (χ1n) is 31.5. The number of ketones is 4. The number of esters is 4. The Morgan fingerprint density at radius 3 is 1.41 bits per heavy atom. The lowest BCUT2D eigenvalue weighted by Crippen LogP contribution is -2.41. The highest BCUT2D eigenvalue weighted by Gasteiger charge is 2.62. The molecule has 78 heavy (non-hydrogen) atoms. The zero-order valence-electron chi connectivity index (χ0n) is 53.7. The van der Waals surface area contributed by atoms with E-state index in [1.165, 1.54) is 12.8 Å². The zero-order valence-corrected chi connectivity index (χ0v) is 53.7. The summed E-state index contributed by atoms with van der Waals surface area (Å²) in [5.41, 5.74) is -0.875. The molecular weight excluding hydrogens is 985 g/mol. The van der Waals surface area contributed by atoms with Gasteiger partial charge in [-0.15, -0.1) is 0 Å². The highest BCUT2D eigenvalue weighted by Crippen LogP contribution is 2.59. The van der Waals surface area contributed by atoms with Crippen molar-refractivity contribution < 1.29 is 57.3 Å². The molecule has 5 saturated heterocycles. The molecule has 14 unspecified atom stereocenters.